The number of hydrogen-bond acceptors (Lipinski definition) is 6. The molecule has 0 fully saturated rings. The van der Waals surface area contributed by atoms with Gasteiger partial charge < -0.3 is 15.4 Å². The lowest BCUT2D eigenvalue weighted by Gasteiger charge is -2.25. The topological polar surface area (TPSA) is 51.4 Å². The highest BCUT2D eigenvalue weighted by Crippen LogP contribution is 2.37. The molecule has 6 heteroatoms. The minimum atomic E-state index is 0.320. The van der Waals surface area contributed by atoms with E-state index in [0.29, 0.717) is 18.5 Å². The van der Waals surface area contributed by atoms with Gasteiger partial charge in [-0.15, -0.1) is 11.8 Å². The standard InChI is InChI=1S/C9H17N3OS2/c1-6(5-13-3)12(2)9-7(14-4)8(10)11-15-9/h6H,5H2,1-4H3,(H2,10,11). The summed E-state index contributed by atoms with van der Waals surface area (Å²) in [5.74, 6) is 0.624. The zero-order valence-corrected chi connectivity index (χ0v) is 11.1. The number of aromatic nitrogens is 1. The Kier molecular flexibility index (Phi) is 4.69. The Balaban J connectivity index is 2.85. The van der Waals surface area contributed by atoms with Crippen molar-refractivity contribution in [2.24, 2.45) is 0 Å². The third-order valence-corrected chi connectivity index (χ3v) is 4.14. The molecule has 1 atom stereocenters. The van der Waals surface area contributed by atoms with Gasteiger partial charge in [-0.2, -0.15) is 4.37 Å². The lowest BCUT2D eigenvalue weighted by Crippen LogP contribution is -2.32. The van der Waals surface area contributed by atoms with E-state index in [-0.39, 0.29) is 0 Å². The molecule has 0 saturated carbocycles. The maximum absolute atomic E-state index is 5.78. The monoisotopic (exact) mass is 247 g/mol. The number of nitrogens with two attached hydrogens (primary N) is 1. The lowest BCUT2D eigenvalue weighted by molar-refractivity contribution is 0.183. The second-order valence-corrected chi connectivity index (χ2v) is 4.89. The van der Waals surface area contributed by atoms with Crippen LogP contribution in [0, 0.1) is 0 Å². The van der Waals surface area contributed by atoms with Crippen molar-refractivity contribution in [3.63, 3.8) is 0 Å². The van der Waals surface area contributed by atoms with Gasteiger partial charge in [0.25, 0.3) is 0 Å². The van der Waals surface area contributed by atoms with Gasteiger partial charge in [0, 0.05) is 14.2 Å². The van der Waals surface area contributed by atoms with Gasteiger partial charge in [0.1, 0.15) is 5.00 Å². The number of rotatable bonds is 5. The molecule has 15 heavy (non-hydrogen) atoms. The Morgan fingerprint density at radius 3 is 2.87 bits per heavy atom. The first-order valence-electron chi connectivity index (χ1n) is 4.62. The first-order valence-corrected chi connectivity index (χ1v) is 6.62. The molecule has 0 aromatic carbocycles. The Morgan fingerprint density at radius 1 is 1.67 bits per heavy atom. The first-order chi connectivity index (χ1) is 7.11. The van der Waals surface area contributed by atoms with Gasteiger partial charge >= 0.3 is 0 Å². The fourth-order valence-corrected chi connectivity index (χ4v) is 3.02. The van der Waals surface area contributed by atoms with E-state index in [1.807, 2.05) is 13.3 Å². The number of methoxy groups -OCH3 is 1. The van der Waals surface area contributed by atoms with E-state index >= 15 is 0 Å². The summed E-state index contributed by atoms with van der Waals surface area (Å²) in [5, 5.41) is 1.12. The second kappa shape index (κ2) is 5.58. The molecular formula is C9H17N3OS2. The number of nitrogen functional groups attached to an aromatic ring is 1. The number of likely N-dealkylation sites (N-methyl/N-ethyl adjacent to an activating group) is 1. The summed E-state index contributed by atoms with van der Waals surface area (Å²) in [5.41, 5.74) is 5.78. The van der Waals surface area contributed by atoms with Crippen LogP contribution in [-0.2, 0) is 4.74 Å². The van der Waals surface area contributed by atoms with E-state index in [2.05, 4.69) is 16.2 Å². The Morgan fingerprint density at radius 2 is 2.33 bits per heavy atom. The highest BCUT2D eigenvalue weighted by Gasteiger charge is 2.18. The van der Waals surface area contributed by atoms with E-state index in [9.17, 15) is 0 Å². The molecule has 0 saturated heterocycles. The van der Waals surface area contributed by atoms with Gasteiger partial charge in [-0.25, -0.2) is 0 Å². The van der Waals surface area contributed by atoms with Crippen molar-refractivity contribution in [1.29, 1.82) is 0 Å². The van der Waals surface area contributed by atoms with Crippen LogP contribution in [0.25, 0.3) is 0 Å². The van der Waals surface area contributed by atoms with Crippen LogP contribution in [0.1, 0.15) is 6.92 Å². The van der Waals surface area contributed by atoms with Crippen molar-refractivity contribution < 1.29 is 4.74 Å². The molecule has 1 unspecified atom stereocenters. The van der Waals surface area contributed by atoms with Crippen molar-refractivity contribution in [3.8, 4) is 0 Å². The maximum Gasteiger partial charge on any atom is 0.153 e. The van der Waals surface area contributed by atoms with Crippen molar-refractivity contribution >= 4 is 34.1 Å². The highest BCUT2D eigenvalue weighted by atomic mass is 32.2. The number of anilines is 2. The molecule has 1 aromatic rings. The summed E-state index contributed by atoms with van der Waals surface area (Å²) in [6.45, 7) is 2.81. The fraction of sp³-hybridized carbons (Fsp3) is 0.667. The molecule has 0 radical (unpaired) electrons. The van der Waals surface area contributed by atoms with Crippen LogP contribution in [0.15, 0.2) is 4.90 Å². The molecule has 0 aliphatic rings. The van der Waals surface area contributed by atoms with Crippen molar-refractivity contribution in [2.75, 3.05) is 37.7 Å². The number of nitrogens with zero attached hydrogens (tertiary/aromatic N) is 2. The van der Waals surface area contributed by atoms with Gasteiger partial charge in [0.15, 0.2) is 5.82 Å². The van der Waals surface area contributed by atoms with E-state index < -0.39 is 0 Å². The molecule has 2 N–H and O–H groups in total. The molecule has 86 valence electrons. The summed E-state index contributed by atoms with van der Waals surface area (Å²) in [7, 11) is 3.75. The normalized spacial score (nSPS) is 12.8. The Bertz CT molecular complexity index is 316. The van der Waals surface area contributed by atoms with Gasteiger partial charge in [-0.3, -0.25) is 0 Å². The van der Waals surface area contributed by atoms with Crippen LogP contribution in [0.3, 0.4) is 0 Å². The SMILES string of the molecule is COCC(C)N(C)c1snc(N)c1SC. The van der Waals surface area contributed by atoms with Gasteiger partial charge in [-0.1, -0.05) is 0 Å². The summed E-state index contributed by atoms with van der Waals surface area (Å²) in [4.78, 5) is 3.22. The van der Waals surface area contributed by atoms with Crippen molar-refractivity contribution in [2.45, 2.75) is 17.9 Å². The maximum atomic E-state index is 5.78. The molecular weight excluding hydrogens is 230 g/mol. The summed E-state index contributed by atoms with van der Waals surface area (Å²) in [6, 6.07) is 0.320. The highest BCUT2D eigenvalue weighted by molar-refractivity contribution is 7.99. The molecule has 0 spiro atoms. The number of ether oxygens (including phenoxy) is 1. The largest absolute Gasteiger partial charge is 0.383 e. The average Bonchev–Trinajstić information content (AvgIpc) is 2.58. The molecule has 0 aliphatic carbocycles. The molecule has 1 rings (SSSR count). The quantitative estimate of drug-likeness (QED) is 0.806. The summed E-state index contributed by atoms with van der Waals surface area (Å²) < 4.78 is 9.30. The first kappa shape index (κ1) is 12.6. The number of hydrogen-bond donors (Lipinski definition) is 1. The molecule has 1 heterocycles. The fourth-order valence-electron chi connectivity index (χ4n) is 1.25. The Hall–Kier alpha value is -0.460. The van der Waals surface area contributed by atoms with Gasteiger partial charge in [0.05, 0.1) is 17.5 Å². The van der Waals surface area contributed by atoms with Gasteiger partial charge in [0.2, 0.25) is 0 Å². The van der Waals surface area contributed by atoms with Crippen LogP contribution in [0.4, 0.5) is 10.8 Å². The third-order valence-electron chi connectivity index (χ3n) is 2.25. The van der Waals surface area contributed by atoms with Crippen molar-refractivity contribution in [1.82, 2.24) is 4.37 Å². The molecule has 0 bridgehead atoms. The van der Waals surface area contributed by atoms with Crippen LogP contribution in [0.5, 0.6) is 0 Å². The second-order valence-electron chi connectivity index (χ2n) is 3.32. The van der Waals surface area contributed by atoms with Crippen molar-refractivity contribution in [3.05, 3.63) is 0 Å². The third kappa shape index (κ3) is 2.76. The minimum absolute atomic E-state index is 0.320. The van der Waals surface area contributed by atoms with E-state index in [4.69, 9.17) is 10.5 Å². The molecule has 1 aromatic heterocycles. The lowest BCUT2D eigenvalue weighted by atomic mass is 10.3. The smallest absolute Gasteiger partial charge is 0.153 e. The number of thioether (sulfide) groups is 1. The van der Waals surface area contributed by atoms with Crippen LogP contribution in [0.2, 0.25) is 0 Å². The summed E-state index contributed by atoms with van der Waals surface area (Å²) in [6.07, 6.45) is 2.01. The molecule has 0 amide bonds. The van der Waals surface area contributed by atoms with E-state index in [1.54, 1.807) is 18.9 Å². The van der Waals surface area contributed by atoms with Gasteiger partial charge in [-0.05, 0) is 24.7 Å². The van der Waals surface area contributed by atoms with Crippen LogP contribution < -0.4 is 10.6 Å². The molecule has 4 nitrogen and oxygen atoms in total. The predicted octanol–water partition coefficient (Wildman–Crippen LogP) is 1.92. The summed E-state index contributed by atoms with van der Waals surface area (Å²) >= 11 is 3.07. The zero-order chi connectivity index (χ0) is 11.4. The van der Waals surface area contributed by atoms with E-state index in [0.717, 1.165) is 9.90 Å². The average molecular weight is 247 g/mol. The predicted molar refractivity (Wildman–Crippen MR) is 68.0 cm³/mol. The Labute approximate surface area is 99.0 Å². The van der Waals surface area contributed by atoms with Crippen LogP contribution in [-0.4, -0.2) is 37.4 Å². The minimum Gasteiger partial charge on any atom is -0.383 e. The zero-order valence-electron chi connectivity index (χ0n) is 9.48. The van der Waals surface area contributed by atoms with Crippen LogP contribution >= 0.6 is 23.3 Å². The molecule has 0 aliphatic heterocycles. The van der Waals surface area contributed by atoms with E-state index in [1.165, 1.54) is 11.5 Å².